The highest BCUT2D eigenvalue weighted by Crippen LogP contribution is 2.27. The molecule has 0 aliphatic carbocycles. The molecule has 1 heterocycles. The van der Waals surface area contributed by atoms with E-state index >= 15 is 0 Å². The minimum Gasteiger partial charge on any atom is -0.496 e. The van der Waals surface area contributed by atoms with Gasteiger partial charge in [0.25, 0.3) is 0 Å². The molecular formula is C14H17NO2S. The van der Waals surface area contributed by atoms with Crippen LogP contribution in [0.5, 0.6) is 11.5 Å². The minimum absolute atomic E-state index is 0.727. The lowest BCUT2D eigenvalue weighted by atomic mass is 10.1. The van der Waals surface area contributed by atoms with Gasteiger partial charge in [-0.1, -0.05) is 12.1 Å². The first-order valence-corrected chi connectivity index (χ1v) is 6.66. The second-order valence-electron chi connectivity index (χ2n) is 3.82. The van der Waals surface area contributed by atoms with E-state index in [1.54, 1.807) is 25.6 Å². The molecule has 0 amide bonds. The Morgan fingerprint density at radius 2 is 1.72 bits per heavy atom. The fourth-order valence-electron chi connectivity index (χ4n) is 1.83. The second kappa shape index (κ2) is 6.42. The van der Waals surface area contributed by atoms with Crippen molar-refractivity contribution in [2.24, 2.45) is 0 Å². The van der Waals surface area contributed by atoms with Crippen LogP contribution in [0.4, 0.5) is 0 Å². The van der Waals surface area contributed by atoms with Gasteiger partial charge in [0.2, 0.25) is 0 Å². The Balaban J connectivity index is 2.03. The van der Waals surface area contributed by atoms with Crippen molar-refractivity contribution in [3.8, 4) is 11.5 Å². The summed E-state index contributed by atoms with van der Waals surface area (Å²) in [5, 5.41) is 5.49. The monoisotopic (exact) mass is 263 g/mol. The molecule has 1 aromatic carbocycles. The number of benzene rings is 1. The molecule has 2 rings (SSSR count). The van der Waals surface area contributed by atoms with Crippen molar-refractivity contribution in [2.45, 2.75) is 13.1 Å². The lowest BCUT2D eigenvalue weighted by Gasteiger charge is -2.13. The third-order valence-corrected chi connectivity index (χ3v) is 3.59. The molecule has 0 radical (unpaired) electrons. The Kier molecular flexibility index (Phi) is 4.61. The topological polar surface area (TPSA) is 30.5 Å². The number of nitrogens with one attached hydrogen (secondary N) is 1. The van der Waals surface area contributed by atoms with Crippen LogP contribution in [0.15, 0.2) is 35.7 Å². The van der Waals surface area contributed by atoms with Gasteiger partial charge in [0.05, 0.1) is 14.2 Å². The van der Waals surface area contributed by atoms with Gasteiger partial charge in [0.15, 0.2) is 0 Å². The quantitative estimate of drug-likeness (QED) is 0.869. The SMILES string of the molecule is COc1cccc(OC)c1CNCc1cccs1. The average Bonchev–Trinajstić information content (AvgIpc) is 2.92. The summed E-state index contributed by atoms with van der Waals surface area (Å²) in [6.07, 6.45) is 0. The lowest BCUT2D eigenvalue weighted by molar-refractivity contribution is 0.382. The predicted octanol–water partition coefficient (Wildman–Crippen LogP) is 3.06. The van der Waals surface area contributed by atoms with E-state index in [2.05, 4.69) is 22.8 Å². The van der Waals surface area contributed by atoms with Crippen LogP contribution < -0.4 is 14.8 Å². The number of methoxy groups -OCH3 is 2. The first kappa shape index (κ1) is 12.9. The van der Waals surface area contributed by atoms with Crippen LogP contribution in [0.1, 0.15) is 10.4 Å². The molecule has 0 fully saturated rings. The van der Waals surface area contributed by atoms with Crippen LogP contribution in [0.25, 0.3) is 0 Å². The molecule has 1 aromatic heterocycles. The highest BCUT2D eigenvalue weighted by Gasteiger charge is 2.08. The lowest BCUT2D eigenvalue weighted by Crippen LogP contribution is -2.13. The summed E-state index contributed by atoms with van der Waals surface area (Å²) in [5.41, 5.74) is 1.05. The fourth-order valence-corrected chi connectivity index (χ4v) is 2.50. The number of hydrogen-bond donors (Lipinski definition) is 1. The van der Waals surface area contributed by atoms with E-state index in [0.717, 1.165) is 30.2 Å². The van der Waals surface area contributed by atoms with Gasteiger partial charge >= 0.3 is 0 Å². The van der Waals surface area contributed by atoms with Gasteiger partial charge in [-0.3, -0.25) is 0 Å². The molecule has 0 spiro atoms. The summed E-state index contributed by atoms with van der Waals surface area (Å²) in [6, 6.07) is 10.0. The molecule has 0 bridgehead atoms. The Hall–Kier alpha value is -1.52. The predicted molar refractivity (Wildman–Crippen MR) is 74.4 cm³/mol. The first-order chi connectivity index (χ1) is 8.85. The van der Waals surface area contributed by atoms with Crippen LogP contribution in [0.2, 0.25) is 0 Å². The number of hydrogen-bond acceptors (Lipinski definition) is 4. The molecule has 96 valence electrons. The molecule has 4 heteroatoms. The normalized spacial score (nSPS) is 10.3. The third-order valence-electron chi connectivity index (χ3n) is 2.71. The standard InChI is InChI=1S/C14H17NO2S/c1-16-13-6-3-7-14(17-2)12(13)10-15-9-11-5-4-8-18-11/h3-8,15H,9-10H2,1-2H3. The Labute approximate surface area is 111 Å². The maximum Gasteiger partial charge on any atom is 0.127 e. The van der Waals surface area contributed by atoms with E-state index < -0.39 is 0 Å². The van der Waals surface area contributed by atoms with Gasteiger partial charge < -0.3 is 14.8 Å². The van der Waals surface area contributed by atoms with E-state index in [9.17, 15) is 0 Å². The first-order valence-electron chi connectivity index (χ1n) is 5.78. The summed E-state index contributed by atoms with van der Waals surface area (Å²) in [5.74, 6) is 1.71. The van der Waals surface area contributed by atoms with Crippen molar-refractivity contribution in [1.29, 1.82) is 0 Å². The summed E-state index contributed by atoms with van der Waals surface area (Å²) >= 11 is 1.75. The van der Waals surface area contributed by atoms with Crippen molar-refractivity contribution in [3.05, 3.63) is 46.2 Å². The molecule has 3 nitrogen and oxygen atoms in total. The summed E-state index contributed by atoms with van der Waals surface area (Å²) in [4.78, 5) is 1.32. The van der Waals surface area contributed by atoms with Crippen LogP contribution in [-0.4, -0.2) is 14.2 Å². The smallest absolute Gasteiger partial charge is 0.127 e. The van der Waals surface area contributed by atoms with Crippen molar-refractivity contribution < 1.29 is 9.47 Å². The zero-order chi connectivity index (χ0) is 12.8. The van der Waals surface area contributed by atoms with Crippen LogP contribution in [-0.2, 0) is 13.1 Å². The van der Waals surface area contributed by atoms with Crippen molar-refractivity contribution in [3.63, 3.8) is 0 Å². The van der Waals surface area contributed by atoms with Gasteiger partial charge in [-0.2, -0.15) is 0 Å². The Morgan fingerprint density at radius 1 is 1.00 bits per heavy atom. The zero-order valence-corrected chi connectivity index (χ0v) is 11.4. The summed E-state index contributed by atoms with van der Waals surface area (Å²) in [7, 11) is 3.36. The maximum absolute atomic E-state index is 5.36. The zero-order valence-electron chi connectivity index (χ0n) is 10.6. The molecule has 0 saturated heterocycles. The van der Waals surface area contributed by atoms with Crippen LogP contribution in [0, 0.1) is 0 Å². The summed E-state index contributed by atoms with van der Waals surface area (Å²) < 4.78 is 10.7. The third kappa shape index (κ3) is 3.03. The maximum atomic E-state index is 5.36. The van der Waals surface area contributed by atoms with E-state index in [4.69, 9.17) is 9.47 Å². The summed E-state index contributed by atoms with van der Waals surface area (Å²) in [6.45, 7) is 1.59. The Bertz CT molecular complexity index is 460. The second-order valence-corrected chi connectivity index (χ2v) is 4.86. The number of thiophene rings is 1. The van der Waals surface area contributed by atoms with Crippen molar-refractivity contribution in [1.82, 2.24) is 5.32 Å². The van der Waals surface area contributed by atoms with Crippen LogP contribution >= 0.6 is 11.3 Å². The van der Waals surface area contributed by atoms with Crippen molar-refractivity contribution >= 4 is 11.3 Å². The molecule has 2 aromatic rings. The Morgan fingerprint density at radius 3 is 2.28 bits per heavy atom. The number of ether oxygens (including phenoxy) is 2. The number of rotatable bonds is 6. The molecule has 0 aliphatic rings. The van der Waals surface area contributed by atoms with Gasteiger partial charge in [0.1, 0.15) is 11.5 Å². The van der Waals surface area contributed by atoms with E-state index in [1.807, 2.05) is 18.2 Å². The highest BCUT2D eigenvalue weighted by molar-refractivity contribution is 7.09. The minimum atomic E-state index is 0.727. The molecule has 0 aliphatic heterocycles. The van der Waals surface area contributed by atoms with E-state index in [1.165, 1.54) is 4.88 Å². The molecule has 0 unspecified atom stereocenters. The molecule has 0 saturated carbocycles. The average molecular weight is 263 g/mol. The van der Waals surface area contributed by atoms with Gasteiger partial charge in [-0.25, -0.2) is 0 Å². The molecule has 18 heavy (non-hydrogen) atoms. The van der Waals surface area contributed by atoms with Gasteiger partial charge in [-0.05, 0) is 23.6 Å². The van der Waals surface area contributed by atoms with E-state index in [0.29, 0.717) is 0 Å². The molecule has 1 N–H and O–H groups in total. The van der Waals surface area contributed by atoms with Gasteiger partial charge in [-0.15, -0.1) is 11.3 Å². The van der Waals surface area contributed by atoms with Crippen molar-refractivity contribution in [2.75, 3.05) is 14.2 Å². The molecule has 0 atom stereocenters. The highest BCUT2D eigenvalue weighted by atomic mass is 32.1. The van der Waals surface area contributed by atoms with Gasteiger partial charge in [0, 0.05) is 23.5 Å². The van der Waals surface area contributed by atoms with Crippen LogP contribution in [0.3, 0.4) is 0 Å². The molecular weight excluding hydrogens is 246 g/mol. The van der Waals surface area contributed by atoms with E-state index in [-0.39, 0.29) is 0 Å². The largest absolute Gasteiger partial charge is 0.496 e. The fraction of sp³-hybridized carbons (Fsp3) is 0.286.